The fraction of sp³-hybridized carbons (Fsp3) is 0.250. The molecule has 0 saturated carbocycles. The maximum Gasteiger partial charge on any atom is 0.122 e. The minimum absolute atomic E-state index is 0.114. The van der Waals surface area contributed by atoms with Crippen LogP contribution in [0.4, 0.5) is 0 Å². The van der Waals surface area contributed by atoms with Crippen molar-refractivity contribution in [3.63, 3.8) is 0 Å². The molecule has 1 unspecified atom stereocenters. The van der Waals surface area contributed by atoms with E-state index in [0.29, 0.717) is 6.42 Å². The lowest BCUT2D eigenvalue weighted by Crippen LogP contribution is -2.15. The van der Waals surface area contributed by atoms with E-state index in [1.54, 1.807) is 7.11 Å². The molecule has 2 aromatic carbocycles. The van der Waals surface area contributed by atoms with Gasteiger partial charge in [0.15, 0.2) is 0 Å². The van der Waals surface area contributed by atoms with Crippen LogP contribution in [0.5, 0.6) is 5.75 Å². The van der Waals surface area contributed by atoms with Crippen LogP contribution in [0.2, 0.25) is 5.02 Å². The van der Waals surface area contributed by atoms with Gasteiger partial charge < -0.3 is 10.5 Å². The highest BCUT2D eigenvalue weighted by atomic mass is 79.9. The molecular weight excluding hydrogens is 338 g/mol. The first-order chi connectivity index (χ1) is 9.52. The number of ether oxygens (including phenoxy) is 1. The Morgan fingerprint density at radius 2 is 2.05 bits per heavy atom. The summed E-state index contributed by atoms with van der Waals surface area (Å²) in [6, 6.07) is 11.7. The van der Waals surface area contributed by atoms with Gasteiger partial charge in [-0.15, -0.1) is 0 Å². The van der Waals surface area contributed by atoms with E-state index in [0.717, 1.165) is 31.9 Å². The molecule has 0 saturated heterocycles. The predicted octanol–water partition coefficient (Wildman–Crippen LogP) is 4.66. The summed E-state index contributed by atoms with van der Waals surface area (Å²) in [5, 5.41) is 0.749. The van der Waals surface area contributed by atoms with Crippen molar-refractivity contribution >= 4 is 27.5 Å². The second-order valence-electron chi connectivity index (χ2n) is 4.72. The molecule has 1 atom stereocenters. The summed E-state index contributed by atoms with van der Waals surface area (Å²) in [4.78, 5) is 0. The minimum Gasteiger partial charge on any atom is -0.496 e. The van der Waals surface area contributed by atoms with E-state index in [2.05, 4.69) is 15.9 Å². The van der Waals surface area contributed by atoms with Crippen LogP contribution in [0.1, 0.15) is 22.7 Å². The third kappa shape index (κ3) is 3.35. The van der Waals surface area contributed by atoms with Crippen molar-refractivity contribution in [2.45, 2.75) is 19.4 Å². The third-order valence-corrected chi connectivity index (χ3v) is 4.29. The molecule has 0 aromatic heterocycles. The summed E-state index contributed by atoms with van der Waals surface area (Å²) >= 11 is 9.64. The Hall–Kier alpha value is -1.03. The largest absolute Gasteiger partial charge is 0.496 e. The van der Waals surface area contributed by atoms with E-state index in [-0.39, 0.29) is 6.04 Å². The Morgan fingerprint density at radius 1 is 1.30 bits per heavy atom. The standard InChI is InChI=1S/C16H17BrClNO/c1-10-13(4-3-5-14(10)18)15(19)9-11-8-12(17)6-7-16(11)20-2/h3-8,15H,9,19H2,1-2H3. The van der Waals surface area contributed by atoms with E-state index < -0.39 is 0 Å². The van der Waals surface area contributed by atoms with Crippen molar-refractivity contribution in [2.75, 3.05) is 7.11 Å². The summed E-state index contributed by atoms with van der Waals surface area (Å²) in [7, 11) is 1.67. The molecule has 2 rings (SSSR count). The zero-order valence-electron chi connectivity index (χ0n) is 11.5. The van der Waals surface area contributed by atoms with Crippen LogP contribution in [0, 0.1) is 6.92 Å². The summed E-state index contributed by atoms with van der Waals surface area (Å²) in [5.74, 6) is 0.850. The van der Waals surface area contributed by atoms with Gasteiger partial charge in [-0.1, -0.05) is 39.7 Å². The number of nitrogens with two attached hydrogens (primary N) is 1. The van der Waals surface area contributed by atoms with E-state index >= 15 is 0 Å². The van der Waals surface area contributed by atoms with Gasteiger partial charge in [0.25, 0.3) is 0 Å². The first kappa shape index (κ1) is 15.4. The van der Waals surface area contributed by atoms with Crippen molar-refractivity contribution in [1.82, 2.24) is 0 Å². The highest BCUT2D eigenvalue weighted by molar-refractivity contribution is 9.10. The van der Waals surface area contributed by atoms with E-state index in [1.165, 1.54) is 0 Å². The minimum atomic E-state index is -0.114. The molecule has 106 valence electrons. The molecule has 0 aliphatic rings. The zero-order valence-corrected chi connectivity index (χ0v) is 13.8. The Balaban J connectivity index is 2.30. The molecule has 2 aromatic rings. The molecule has 2 N–H and O–H groups in total. The molecule has 20 heavy (non-hydrogen) atoms. The fourth-order valence-corrected chi connectivity index (χ4v) is 2.87. The number of hydrogen-bond acceptors (Lipinski definition) is 2. The first-order valence-electron chi connectivity index (χ1n) is 6.36. The molecule has 4 heteroatoms. The van der Waals surface area contributed by atoms with E-state index in [1.807, 2.05) is 43.3 Å². The van der Waals surface area contributed by atoms with Crippen LogP contribution < -0.4 is 10.5 Å². The lowest BCUT2D eigenvalue weighted by molar-refractivity contribution is 0.408. The van der Waals surface area contributed by atoms with Gasteiger partial charge in [0, 0.05) is 15.5 Å². The van der Waals surface area contributed by atoms with Crippen molar-refractivity contribution in [2.24, 2.45) is 5.73 Å². The molecular formula is C16H17BrClNO. The summed E-state index contributed by atoms with van der Waals surface area (Å²) < 4.78 is 6.41. The Labute approximate surface area is 133 Å². The number of halogens is 2. The van der Waals surface area contributed by atoms with Crippen LogP contribution in [-0.4, -0.2) is 7.11 Å². The molecule has 0 spiro atoms. The van der Waals surface area contributed by atoms with Gasteiger partial charge in [-0.25, -0.2) is 0 Å². The third-order valence-electron chi connectivity index (χ3n) is 3.39. The average molecular weight is 355 g/mol. The first-order valence-corrected chi connectivity index (χ1v) is 7.53. The van der Waals surface area contributed by atoms with Gasteiger partial charge in [-0.2, -0.15) is 0 Å². The smallest absolute Gasteiger partial charge is 0.122 e. The Bertz CT molecular complexity index is 615. The van der Waals surface area contributed by atoms with Crippen LogP contribution >= 0.6 is 27.5 Å². The van der Waals surface area contributed by atoms with Gasteiger partial charge in [-0.05, 0) is 54.3 Å². The summed E-state index contributed by atoms with van der Waals surface area (Å²) in [6.45, 7) is 2.00. The van der Waals surface area contributed by atoms with Crippen molar-refractivity contribution in [3.8, 4) is 5.75 Å². The number of hydrogen-bond donors (Lipinski definition) is 1. The van der Waals surface area contributed by atoms with Crippen LogP contribution in [0.25, 0.3) is 0 Å². The molecule has 0 heterocycles. The zero-order chi connectivity index (χ0) is 14.7. The summed E-state index contributed by atoms with van der Waals surface area (Å²) in [5.41, 5.74) is 9.53. The maximum absolute atomic E-state index is 6.34. The Kier molecular flexibility index (Phi) is 5.08. The number of rotatable bonds is 4. The molecule has 0 radical (unpaired) electrons. The number of benzene rings is 2. The van der Waals surface area contributed by atoms with E-state index in [4.69, 9.17) is 22.1 Å². The van der Waals surface area contributed by atoms with Gasteiger partial charge in [0.05, 0.1) is 7.11 Å². The fourth-order valence-electron chi connectivity index (χ4n) is 2.28. The quantitative estimate of drug-likeness (QED) is 0.866. The Morgan fingerprint density at radius 3 is 2.75 bits per heavy atom. The van der Waals surface area contributed by atoms with Crippen LogP contribution in [0.3, 0.4) is 0 Å². The summed E-state index contributed by atoms with van der Waals surface area (Å²) in [6.07, 6.45) is 0.698. The van der Waals surface area contributed by atoms with Crippen molar-refractivity contribution < 1.29 is 4.74 Å². The molecule has 0 fully saturated rings. The lowest BCUT2D eigenvalue weighted by atomic mass is 9.95. The normalized spacial score (nSPS) is 12.2. The van der Waals surface area contributed by atoms with Crippen molar-refractivity contribution in [1.29, 1.82) is 0 Å². The highest BCUT2D eigenvalue weighted by Crippen LogP contribution is 2.29. The average Bonchev–Trinajstić information content (AvgIpc) is 2.42. The van der Waals surface area contributed by atoms with Gasteiger partial charge >= 0.3 is 0 Å². The van der Waals surface area contributed by atoms with Gasteiger partial charge in [0.1, 0.15) is 5.75 Å². The van der Waals surface area contributed by atoms with Crippen molar-refractivity contribution in [3.05, 3.63) is 62.6 Å². The second kappa shape index (κ2) is 6.61. The van der Waals surface area contributed by atoms with Crippen LogP contribution in [0.15, 0.2) is 40.9 Å². The van der Waals surface area contributed by atoms with Gasteiger partial charge in [-0.3, -0.25) is 0 Å². The topological polar surface area (TPSA) is 35.2 Å². The molecule has 0 amide bonds. The monoisotopic (exact) mass is 353 g/mol. The van der Waals surface area contributed by atoms with Crippen LogP contribution in [-0.2, 0) is 6.42 Å². The highest BCUT2D eigenvalue weighted by Gasteiger charge is 2.14. The maximum atomic E-state index is 6.34. The lowest BCUT2D eigenvalue weighted by Gasteiger charge is -2.17. The molecule has 0 aliphatic carbocycles. The second-order valence-corrected chi connectivity index (χ2v) is 6.04. The SMILES string of the molecule is COc1ccc(Br)cc1CC(N)c1cccc(Cl)c1C. The van der Waals surface area contributed by atoms with E-state index in [9.17, 15) is 0 Å². The number of methoxy groups -OCH3 is 1. The predicted molar refractivity (Wildman–Crippen MR) is 87.5 cm³/mol. The molecule has 2 nitrogen and oxygen atoms in total. The molecule has 0 aliphatic heterocycles. The van der Waals surface area contributed by atoms with Gasteiger partial charge in [0.2, 0.25) is 0 Å². The molecule has 0 bridgehead atoms.